The lowest BCUT2D eigenvalue weighted by molar-refractivity contribution is -0.122. The lowest BCUT2D eigenvalue weighted by Gasteiger charge is -2.34. The van der Waals surface area contributed by atoms with Gasteiger partial charge in [0.1, 0.15) is 5.60 Å². The Bertz CT molecular complexity index is 352. The fraction of sp³-hybridized carbons (Fsp3) is 0.692. The molecule has 0 aromatic heterocycles. The molecule has 96 valence electrons. The van der Waals surface area contributed by atoms with E-state index in [-0.39, 0.29) is 11.8 Å². The van der Waals surface area contributed by atoms with E-state index in [1.165, 1.54) is 11.8 Å². The molecule has 0 saturated carbocycles. The Morgan fingerprint density at radius 2 is 2.00 bits per heavy atom. The van der Waals surface area contributed by atoms with Crippen LogP contribution in [-0.4, -0.2) is 35.0 Å². The van der Waals surface area contributed by atoms with Crippen LogP contribution < -0.4 is 0 Å². The Kier molecular flexibility index (Phi) is 3.96. The van der Waals surface area contributed by atoms with Crippen molar-refractivity contribution in [2.75, 3.05) is 6.54 Å². The third kappa shape index (κ3) is 3.88. The second-order valence-corrected chi connectivity index (χ2v) is 5.51. The fourth-order valence-electron chi connectivity index (χ4n) is 1.77. The lowest BCUT2D eigenvalue weighted by Crippen LogP contribution is -2.48. The smallest absolute Gasteiger partial charge is 0.411 e. The van der Waals surface area contributed by atoms with Gasteiger partial charge >= 0.3 is 6.09 Å². The minimum atomic E-state index is -0.533. The van der Waals surface area contributed by atoms with E-state index in [2.05, 4.69) is 0 Å². The molecule has 0 bridgehead atoms. The van der Waals surface area contributed by atoms with Crippen LogP contribution in [0.25, 0.3) is 0 Å². The summed E-state index contributed by atoms with van der Waals surface area (Å²) in [4.78, 5) is 25.0. The summed E-state index contributed by atoms with van der Waals surface area (Å²) in [5, 5.41) is 0. The van der Waals surface area contributed by atoms with Crippen molar-refractivity contribution in [3.05, 3.63) is 11.6 Å². The molecule has 0 radical (unpaired) electrons. The zero-order chi connectivity index (χ0) is 13.2. The van der Waals surface area contributed by atoms with Gasteiger partial charge in [0.15, 0.2) is 5.78 Å². The summed E-state index contributed by atoms with van der Waals surface area (Å²) in [5.74, 6) is 0.00306. The molecule has 0 unspecified atom stereocenters. The van der Waals surface area contributed by atoms with Gasteiger partial charge in [-0.1, -0.05) is 11.6 Å². The molecule has 1 aliphatic heterocycles. The molecular formula is C13H21NO3. The summed E-state index contributed by atoms with van der Waals surface area (Å²) in [7, 11) is 0. The number of ether oxygens (including phenoxy) is 1. The largest absolute Gasteiger partial charge is 0.444 e. The first-order chi connectivity index (χ1) is 7.70. The van der Waals surface area contributed by atoms with Crippen LogP contribution in [-0.2, 0) is 9.53 Å². The van der Waals surface area contributed by atoms with Crippen LogP contribution >= 0.6 is 0 Å². The molecule has 1 heterocycles. The van der Waals surface area contributed by atoms with Crippen molar-refractivity contribution < 1.29 is 14.3 Å². The number of nitrogens with zero attached hydrogens (tertiary/aromatic N) is 1. The average molecular weight is 239 g/mol. The summed E-state index contributed by atoms with van der Waals surface area (Å²) in [6.07, 6.45) is 2.15. The van der Waals surface area contributed by atoms with Gasteiger partial charge < -0.3 is 4.74 Å². The van der Waals surface area contributed by atoms with Crippen molar-refractivity contribution in [1.29, 1.82) is 0 Å². The Hall–Kier alpha value is -1.32. The molecule has 1 atom stereocenters. The highest BCUT2D eigenvalue weighted by Crippen LogP contribution is 2.21. The van der Waals surface area contributed by atoms with Gasteiger partial charge in [0.2, 0.25) is 0 Å². The van der Waals surface area contributed by atoms with E-state index < -0.39 is 11.7 Å². The fourth-order valence-corrected chi connectivity index (χ4v) is 1.77. The highest BCUT2D eigenvalue weighted by atomic mass is 16.6. The van der Waals surface area contributed by atoms with Gasteiger partial charge in [-0.05, 0) is 41.0 Å². The van der Waals surface area contributed by atoms with E-state index >= 15 is 0 Å². The highest BCUT2D eigenvalue weighted by Gasteiger charge is 2.32. The van der Waals surface area contributed by atoms with Crippen molar-refractivity contribution in [3.8, 4) is 0 Å². The van der Waals surface area contributed by atoms with Crippen LogP contribution in [0.1, 0.15) is 41.0 Å². The Morgan fingerprint density at radius 1 is 1.41 bits per heavy atom. The molecule has 0 aliphatic carbocycles. The zero-order valence-corrected chi connectivity index (χ0v) is 11.2. The number of carbonyl (C=O) groups is 2. The summed E-state index contributed by atoms with van der Waals surface area (Å²) >= 11 is 0. The Morgan fingerprint density at radius 3 is 2.47 bits per heavy atom. The number of hydrogen-bond acceptors (Lipinski definition) is 3. The quantitative estimate of drug-likeness (QED) is 0.660. The van der Waals surface area contributed by atoms with E-state index in [0.717, 1.165) is 5.57 Å². The van der Waals surface area contributed by atoms with Crippen molar-refractivity contribution in [1.82, 2.24) is 4.90 Å². The van der Waals surface area contributed by atoms with E-state index in [9.17, 15) is 9.59 Å². The molecule has 1 rings (SSSR count). The first-order valence-electron chi connectivity index (χ1n) is 5.86. The molecule has 0 saturated heterocycles. The standard InChI is InChI=1S/C13H21NO3/c1-9-6-7-14(11(8-9)10(2)15)12(16)17-13(3,4)5/h6,11H,7-8H2,1-5H3/t11-/m0/s1. The van der Waals surface area contributed by atoms with Gasteiger partial charge in [0.05, 0.1) is 6.04 Å². The minimum Gasteiger partial charge on any atom is -0.444 e. The van der Waals surface area contributed by atoms with Gasteiger partial charge in [0, 0.05) is 6.54 Å². The predicted molar refractivity (Wildman–Crippen MR) is 65.8 cm³/mol. The van der Waals surface area contributed by atoms with E-state index in [0.29, 0.717) is 13.0 Å². The Labute approximate surface area is 103 Å². The van der Waals surface area contributed by atoms with Crippen LogP contribution in [0.3, 0.4) is 0 Å². The number of amides is 1. The third-order valence-electron chi connectivity index (χ3n) is 2.63. The SMILES string of the molecule is CC(=O)[C@@H]1CC(C)=CCN1C(=O)OC(C)(C)C. The maximum atomic E-state index is 12.0. The first kappa shape index (κ1) is 13.7. The second-order valence-electron chi connectivity index (χ2n) is 5.51. The van der Waals surface area contributed by atoms with E-state index in [4.69, 9.17) is 4.74 Å². The summed E-state index contributed by atoms with van der Waals surface area (Å²) < 4.78 is 5.30. The van der Waals surface area contributed by atoms with Crippen LogP contribution in [0.5, 0.6) is 0 Å². The van der Waals surface area contributed by atoms with Crippen molar-refractivity contribution in [2.24, 2.45) is 0 Å². The lowest BCUT2D eigenvalue weighted by atomic mass is 9.99. The summed E-state index contributed by atoms with van der Waals surface area (Å²) in [6, 6.07) is -0.380. The maximum absolute atomic E-state index is 12.0. The van der Waals surface area contributed by atoms with E-state index in [1.54, 1.807) is 0 Å². The third-order valence-corrected chi connectivity index (χ3v) is 2.63. The van der Waals surface area contributed by atoms with Gasteiger partial charge in [-0.3, -0.25) is 9.69 Å². The van der Waals surface area contributed by atoms with Crippen molar-refractivity contribution in [2.45, 2.75) is 52.7 Å². The van der Waals surface area contributed by atoms with Gasteiger partial charge in [-0.25, -0.2) is 4.79 Å². The molecule has 0 spiro atoms. The van der Waals surface area contributed by atoms with Gasteiger partial charge in [-0.15, -0.1) is 0 Å². The van der Waals surface area contributed by atoms with Crippen LogP contribution in [0, 0.1) is 0 Å². The maximum Gasteiger partial charge on any atom is 0.411 e. The highest BCUT2D eigenvalue weighted by molar-refractivity contribution is 5.86. The van der Waals surface area contributed by atoms with Gasteiger partial charge in [0.25, 0.3) is 0 Å². The number of ketones is 1. The second kappa shape index (κ2) is 4.90. The van der Waals surface area contributed by atoms with E-state index in [1.807, 2.05) is 33.8 Å². The number of hydrogen-bond donors (Lipinski definition) is 0. The number of Topliss-reactive ketones (excluding diaryl/α,β-unsaturated/α-hetero) is 1. The Balaban J connectivity index is 2.81. The van der Waals surface area contributed by atoms with Crippen molar-refractivity contribution in [3.63, 3.8) is 0 Å². The number of carbonyl (C=O) groups excluding carboxylic acids is 2. The van der Waals surface area contributed by atoms with Gasteiger partial charge in [-0.2, -0.15) is 0 Å². The molecule has 4 nitrogen and oxygen atoms in total. The molecule has 4 heteroatoms. The molecule has 17 heavy (non-hydrogen) atoms. The van der Waals surface area contributed by atoms with Crippen LogP contribution in [0.2, 0.25) is 0 Å². The van der Waals surface area contributed by atoms with Crippen molar-refractivity contribution >= 4 is 11.9 Å². The minimum absolute atomic E-state index is 0.00306. The molecule has 0 aromatic rings. The summed E-state index contributed by atoms with van der Waals surface area (Å²) in [5.41, 5.74) is 0.610. The first-order valence-corrected chi connectivity index (χ1v) is 5.86. The number of rotatable bonds is 1. The monoisotopic (exact) mass is 239 g/mol. The average Bonchev–Trinajstić information content (AvgIpc) is 2.14. The molecule has 0 aromatic carbocycles. The molecule has 0 N–H and O–H groups in total. The topological polar surface area (TPSA) is 46.6 Å². The molecular weight excluding hydrogens is 218 g/mol. The molecule has 1 aliphatic rings. The normalized spacial score (nSPS) is 20.9. The molecule has 0 fully saturated rings. The van der Waals surface area contributed by atoms with Crippen LogP contribution in [0.15, 0.2) is 11.6 Å². The predicted octanol–water partition coefficient (Wildman–Crippen LogP) is 2.53. The zero-order valence-electron chi connectivity index (χ0n) is 11.2. The molecule has 1 amide bonds. The summed E-state index contributed by atoms with van der Waals surface area (Å²) in [6.45, 7) is 9.39. The van der Waals surface area contributed by atoms with Crippen LogP contribution in [0.4, 0.5) is 4.79 Å².